The van der Waals surface area contributed by atoms with Gasteiger partial charge in [-0.15, -0.1) is 0 Å². The van der Waals surface area contributed by atoms with Crippen LogP contribution in [-0.4, -0.2) is 29.9 Å². The smallest absolute Gasteiger partial charge is 0.339 e. The molecule has 0 saturated heterocycles. The Kier molecular flexibility index (Phi) is 4.28. The van der Waals surface area contributed by atoms with E-state index in [4.69, 9.17) is 4.52 Å². The third kappa shape index (κ3) is 4.18. The second kappa shape index (κ2) is 5.29. The largest absolute Gasteiger partial charge is 0.389 e. The molecule has 0 bridgehead atoms. The Bertz CT molecular complexity index is 324. The summed E-state index contributed by atoms with van der Waals surface area (Å²) >= 11 is 0. The quantitative estimate of drug-likeness (QED) is 0.849. The number of aromatic nitrogens is 2. The molecule has 0 radical (unpaired) electrons. The predicted molar refractivity (Wildman–Crippen MR) is 51.0 cm³/mol. The molecule has 92 valence electrons. The van der Waals surface area contributed by atoms with Gasteiger partial charge in [-0.1, -0.05) is 12.1 Å². The van der Waals surface area contributed by atoms with Gasteiger partial charge in [0.25, 0.3) is 0 Å². The highest BCUT2D eigenvalue weighted by Gasteiger charge is 2.32. The van der Waals surface area contributed by atoms with E-state index in [0.717, 1.165) is 0 Å². The highest BCUT2D eigenvalue weighted by atomic mass is 19.4. The number of nitrogens with one attached hydrogen (secondary N) is 1. The van der Waals surface area contributed by atoms with Gasteiger partial charge in [0.05, 0.1) is 6.42 Å². The Balaban J connectivity index is 2.56. The molecule has 7 heteroatoms. The molecule has 1 aromatic heterocycles. The molecule has 0 spiro atoms. The first kappa shape index (κ1) is 13.0. The molecule has 1 rings (SSSR count). The SMILES string of the molecule is CNCCc1noc(C(C)CC(F)(F)F)n1. The van der Waals surface area contributed by atoms with E-state index >= 15 is 0 Å². The molecule has 1 unspecified atom stereocenters. The Morgan fingerprint density at radius 2 is 2.12 bits per heavy atom. The van der Waals surface area contributed by atoms with Crippen LogP contribution in [0.1, 0.15) is 31.0 Å². The van der Waals surface area contributed by atoms with E-state index in [1.165, 1.54) is 6.92 Å². The molecule has 1 aromatic rings. The molecule has 0 aromatic carbocycles. The molecule has 1 heterocycles. The van der Waals surface area contributed by atoms with Crippen molar-refractivity contribution in [1.29, 1.82) is 0 Å². The summed E-state index contributed by atoms with van der Waals surface area (Å²) in [4.78, 5) is 3.91. The van der Waals surface area contributed by atoms with Crippen molar-refractivity contribution in [3.63, 3.8) is 0 Å². The lowest BCUT2D eigenvalue weighted by Crippen LogP contribution is -2.13. The van der Waals surface area contributed by atoms with E-state index in [1.807, 2.05) is 0 Å². The van der Waals surface area contributed by atoms with Gasteiger partial charge >= 0.3 is 6.18 Å². The molecule has 16 heavy (non-hydrogen) atoms. The Labute approximate surface area is 91.2 Å². The maximum Gasteiger partial charge on any atom is 0.389 e. The summed E-state index contributed by atoms with van der Waals surface area (Å²) in [6, 6.07) is 0. The summed E-state index contributed by atoms with van der Waals surface area (Å²) in [5.41, 5.74) is 0. The number of hydrogen-bond acceptors (Lipinski definition) is 4. The number of alkyl halides is 3. The summed E-state index contributed by atoms with van der Waals surface area (Å²) in [6.07, 6.45) is -4.61. The van der Waals surface area contributed by atoms with E-state index < -0.39 is 18.5 Å². The van der Waals surface area contributed by atoms with Crippen LogP contribution in [0.3, 0.4) is 0 Å². The summed E-state index contributed by atoms with van der Waals surface area (Å²) in [5, 5.41) is 6.50. The third-order valence-corrected chi connectivity index (χ3v) is 2.04. The van der Waals surface area contributed by atoms with E-state index in [2.05, 4.69) is 15.5 Å². The van der Waals surface area contributed by atoms with Crippen LogP contribution in [0.2, 0.25) is 0 Å². The van der Waals surface area contributed by atoms with Crippen LogP contribution in [0.15, 0.2) is 4.52 Å². The van der Waals surface area contributed by atoms with Crippen LogP contribution in [0.5, 0.6) is 0 Å². The molecule has 4 nitrogen and oxygen atoms in total. The van der Waals surface area contributed by atoms with Crippen LogP contribution < -0.4 is 5.32 Å². The van der Waals surface area contributed by atoms with Gasteiger partial charge in [-0.3, -0.25) is 0 Å². The molecule has 0 aliphatic heterocycles. The van der Waals surface area contributed by atoms with Crippen LogP contribution >= 0.6 is 0 Å². The second-order valence-electron chi connectivity index (χ2n) is 3.62. The first-order valence-corrected chi connectivity index (χ1v) is 4.96. The molecule has 0 aliphatic carbocycles. The number of likely N-dealkylation sites (N-methyl/N-ethyl adjacent to an activating group) is 1. The van der Waals surface area contributed by atoms with Gasteiger partial charge in [0, 0.05) is 18.9 Å². The lowest BCUT2D eigenvalue weighted by atomic mass is 10.1. The highest BCUT2D eigenvalue weighted by molar-refractivity contribution is 4.93. The summed E-state index contributed by atoms with van der Waals surface area (Å²) in [7, 11) is 1.77. The Morgan fingerprint density at radius 1 is 1.44 bits per heavy atom. The molecule has 0 aliphatic rings. The minimum Gasteiger partial charge on any atom is -0.339 e. The molecule has 1 N–H and O–H groups in total. The lowest BCUT2D eigenvalue weighted by molar-refractivity contribution is -0.139. The average molecular weight is 237 g/mol. The van der Waals surface area contributed by atoms with Crippen LogP contribution in [-0.2, 0) is 6.42 Å². The summed E-state index contributed by atoms with van der Waals surface area (Å²) in [5.74, 6) is -0.322. The monoisotopic (exact) mass is 237 g/mol. The normalized spacial score (nSPS) is 14.1. The van der Waals surface area contributed by atoms with E-state index in [9.17, 15) is 13.2 Å². The summed E-state index contributed by atoms with van der Waals surface area (Å²) < 4.78 is 41.1. The molecule has 0 fully saturated rings. The van der Waals surface area contributed by atoms with Gasteiger partial charge < -0.3 is 9.84 Å². The Morgan fingerprint density at radius 3 is 2.69 bits per heavy atom. The summed E-state index contributed by atoms with van der Waals surface area (Å²) in [6.45, 7) is 2.08. The van der Waals surface area contributed by atoms with Gasteiger partial charge in [0.1, 0.15) is 0 Å². The minimum absolute atomic E-state index is 0.0448. The van der Waals surface area contributed by atoms with Crippen LogP contribution in [0.25, 0.3) is 0 Å². The van der Waals surface area contributed by atoms with Crippen molar-refractivity contribution in [2.75, 3.05) is 13.6 Å². The Hall–Kier alpha value is -1.11. The molecular weight excluding hydrogens is 223 g/mol. The fourth-order valence-corrected chi connectivity index (χ4v) is 1.24. The maximum absolute atomic E-state index is 12.1. The molecular formula is C9H14F3N3O. The fourth-order valence-electron chi connectivity index (χ4n) is 1.24. The van der Waals surface area contributed by atoms with Gasteiger partial charge in [0.2, 0.25) is 5.89 Å². The third-order valence-electron chi connectivity index (χ3n) is 2.04. The zero-order chi connectivity index (χ0) is 12.2. The first-order valence-electron chi connectivity index (χ1n) is 4.96. The van der Waals surface area contributed by atoms with Gasteiger partial charge in [0.15, 0.2) is 5.82 Å². The highest BCUT2D eigenvalue weighted by Crippen LogP contribution is 2.29. The van der Waals surface area contributed by atoms with E-state index in [-0.39, 0.29) is 5.89 Å². The number of halogens is 3. The van der Waals surface area contributed by atoms with Crippen molar-refractivity contribution in [2.24, 2.45) is 0 Å². The van der Waals surface area contributed by atoms with E-state index in [1.54, 1.807) is 7.05 Å². The van der Waals surface area contributed by atoms with Crippen molar-refractivity contribution in [3.8, 4) is 0 Å². The molecule has 0 saturated carbocycles. The lowest BCUT2D eigenvalue weighted by Gasteiger charge is -2.09. The van der Waals surface area contributed by atoms with Crippen molar-refractivity contribution in [3.05, 3.63) is 11.7 Å². The number of hydrogen-bond donors (Lipinski definition) is 1. The predicted octanol–water partition coefficient (Wildman–Crippen LogP) is 1.89. The topological polar surface area (TPSA) is 51.0 Å². The van der Waals surface area contributed by atoms with Crippen molar-refractivity contribution in [2.45, 2.75) is 31.9 Å². The number of rotatable bonds is 5. The fraction of sp³-hybridized carbons (Fsp3) is 0.778. The molecule has 1 atom stereocenters. The zero-order valence-electron chi connectivity index (χ0n) is 9.14. The van der Waals surface area contributed by atoms with Crippen LogP contribution in [0.4, 0.5) is 13.2 Å². The van der Waals surface area contributed by atoms with E-state index in [0.29, 0.717) is 18.8 Å². The average Bonchev–Trinajstić information content (AvgIpc) is 2.60. The first-order chi connectivity index (χ1) is 7.42. The van der Waals surface area contributed by atoms with Crippen LogP contribution in [0, 0.1) is 0 Å². The van der Waals surface area contributed by atoms with Crippen molar-refractivity contribution in [1.82, 2.24) is 15.5 Å². The standard InChI is InChI=1S/C9H14F3N3O/c1-6(5-9(10,11)12)8-14-7(15-16-8)3-4-13-2/h6,13H,3-5H2,1-2H3. The van der Waals surface area contributed by atoms with Gasteiger partial charge in [-0.25, -0.2) is 0 Å². The minimum atomic E-state index is -4.21. The molecule has 0 amide bonds. The number of nitrogens with zero attached hydrogens (tertiary/aromatic N) is 2. The maximum atomic E-state index is 12.1. The second-order valence-corrected chi connectivity index (χ2v) is 3.62. The van der Waals surface area contributed by atoms with Crippen molar-refractivity contribution < 1.29 is 17.7 Å². The van der Waals surface area contributed by atoms with Crippen molar-refractivity contribution >= 4 is 0 Å². The van der Waals surface area contributed by atoms with Gasteiger partial charge in [-0.2, -0.15) is 18.2 Å². The van der Waals surface area contributed by atoms with Gasteiger partial charge in [-0.05, 0) is 7.05 Å². The zero-order valence-corrected chi connectivity index (χ0v) is 9.14.